The van der Waals surface area contributed by atoms with Gasteiger partial charge < -0.3 is 15.1 Å². The van der Waals surface area contributed by atoms with E-state index < -0.39 is 17.8 Å². The number of hydrogen-bond donors (Lipinski definition) is 1. The summed E-state index contributed by atoms with van der Waals surface area (Å²) in [5, 5.41) is 15.1. The molecular weight excluding hydrogens is 411 g/mol. The van der Waals surface area contributed by atoms with E-state index in [4.69, 9.17) is 0 Å². The van der Waals surface area contributed by atoms with Crippen molar-refractivity contribution in [2.75, 3.05) is 36.4 Å². The summed E-state index contributed by atoms with van der Waals surface area (Å²) < 4.78 is 41.0. The highest BCUT2D eigenvalue weighted by atomic mass is 19.4. The van der Waals surface area contributed by atoms with E-state index in [2.05, 4.69) is 20.6 Å². The van der Waals surface area contributed by atoms with Gasteiger partial charge in [-0.15, -0.1) is 10.2 Å². The minimum atomic E-state index is -4.54. The molecule has 2 aromatic heterocycles. The van der Waals surface area contributed by atoms with Crippen LogP contribution in [-0.4, -0.2) is 57.1 Å². The number of carbonyl (C=O) groups is 1. The van der Waals surface area contributed by atoms with E-state index in [9.17, 15) is 18.0 Å². The number of amides is 2. The lowest BCUT2D eigenvalue weighted by molar-refractivity contribution is -0.136. The predicted molar refractivity (Wildman–Crippen MR) is 108 cm³/mol. The first-order valence-corrected chi connectivity index (χ1v) is 9.65. The summed E-state index contributed by atoms with van der Waals surface area (Å²) in [7, 11) is 0. The lowest BCUT2D eigenvalue weighted by atomic mass is 10.1. The number of nitrogens with zero attached hydrogens (tertiary/aromatic N) is 6. The fourth-order valence-corrected chi connectivity index (χ4v) is 3.32. The lowest BCUT2D eigenvalue weighted by Gasteiger charge is -2.35. The van der Waals surface area contributed by atoms with Crippen molar-refractivity contribution in [1.82, 2.24) is 24.9 Å². The van der Waals surface area contributed by atoms with Crippen molar-refractivity contribution in [3.05, 3.63) is 59.9 Å². The molecule has 1 aliphatic heterocycles. The number of halogens is 3. The third-order valence-electron chi connectivity index (χ3n) is 4.96. The molecule has 1 aromatic carbocycles. The van der Waals surface area contributed by atoms with Gasteiger partial charge in [0.15, 0.2) is 11.6 Å². The van der Waals surface area contributed by atoms with Crippen molar-refractivity contribution in [3.63, 3.8) is 0 Å². The van der Waals surface area contributed by atoms with Gasteiger partial charge >= 0.3 is 12.2 Å². The SMILES string of the molecule is Cc1ccn(-c2ccc(N3CCN(C(=O)Nc4ccccc4C(F)(F)F)CC3)nn2)n1. The van der Waals surface area contributed by atoms with Gasteiger partial charge in [-0.1, -0.05) is 12.1 Å². The van der Waals surface area contributed by atoms with E-state index in [1.54, 1.807) is 10.9 Å². The zero-order valence-corrected chi connectivity index (χ0v) is 16.7. The van der Waals surface area contributed by atoms with Gasteiger partial charge in [0.05, 0.1) is 16.9 Å². The van der Waals surface area contributed by atoms with Crippen molar-refractivity contribution >= 4 is 17.5 Å². The van der Waals surface area contributed by atoms with Crippen LogP contribution in [0.25, 0.3) is 5.82 Å². The third-order valence-corrected chi connectivity index (χ3v) is 4.96. The Bertz CT molecular complexity index is 1060. The number of aryl methyl sites for hydroxylation is 1. The van der Waals surface area contributed by atoms with E-state index in [0.717, 1.165) is 11.8 Å². The smallest absolute Gasteiger partial charge is 0.352 e. The van der Waals surface area contributed by atoms with Crippen LogP contribution in [0, 0.1) is 6.92 Å². The van der Waals surface area contributed by atoms with Gasteiger partial charge in [0.25, 0.3) is 0 Å². The molecule has 1 aliphatic rings. The fraction of sp³-hybridized carbons (Fsp3) is 0.300. The van der Waals surface area contributed by atoms with Crippen molar-refractivity contribution in [2.45, 2.75) is 13.1 Å². The van der Waals surface area contributed by atoms with Crippen LogP contribution in [0.5, 0.6) is 0 Å². The largest absolute Gasteiger partial charge is 0.418 e. The van der Waals surface area contributed by atoms with E-state index in [-0.39, 0.29) is 5.69 Å². The molecule has 3 heterocycles. The minimum absolute atomic E-state index is 0.252. The number of rotatable bonds is 3. The second-order valence-electron chi connectivity index (χ2n) is 7.10. The fourth-order valence-electron chi connectivity index (χ4n) is 3.32. The number of urea groups is 1. The number of para-hydroxylation sites is 1. The zero-order valence-electron chi connectivity index (χ0n) is 16.7. The molecule has 8 nitrogen and oxygen atoms in total. The number of hydrogen-bond acceptors (Lipinski definition) is 5. The van der Waals surface area contributed by atoms with Gasteiger partial charge in [0.1, 0.15) is 0 Å². The van der Waals surface area contributed by atoms with Crippen LogP contribution in [0.3, 0.4) is 0 Å². The number of nitrogens with one attached hydrogen (secondary N) is 1. The zero-order chi connectivity index (χ0) is 22.0. The van der Waals surface area contributed by atoms with Gasteiger partial charge in [0, 0.05) is 32.4 Å². The molecule has 162 valence electrons. The monoisotopic (exact) mass is 431 g/mol. The Kier molecular flexibility index (Phi) is 5.49. The van der Waals surface area contributed by atoms with Gasteiger partial charge in [-0.05, 0) is 37.3 Å². The molecule has 0 spiro atoms. The molecule has 0 saturated carbocycles. The van der Waals surface area contributed by atoms with Crippen LogP contribution < -0.4 is 10.2 Å². The summed E-state index contributed by atoms with van der Waals surface area (Å²) in [4.78, 5) is 15.9. The van der Waals surface area contributed by atoms with Crippen molar-refractivity contribution in [3.8, 4) is 5.82 Å². The normalized spacial score (nSPS) is 14.6. The van der Waals surface area contributed by atoms with E-state index in [0.29, 0.717) is 37.8 Å². The molecule has 3 aromatic rings. The Morgan fingerprint density at radius 1 is 0.968 bits per heavy atom. The summed E-state index contributed by atoms with van der Waals surface area (Å²) in [6.45, 7) is 3.56. The van der Waals surface area contributed by atoms with Gasteiger partial charge in [-0.25, -0.2) is 9.48 Å². The molecular formula is C20H20F3N7O. The van der Waals surface area contributed by atoms with Crippen molar-refractivity contribution in [2.24, 2.45) is 0 Å². The predicted octanol–water partition coefficient (Wildman–Crippen LogP) is 3.34. The molecule has 0 bridgehead atoms. The maximum absolute atomic E-state index is 13.1. The van der Waals surface area contributed by atoms with Crippen LogP contribution in [-0.2, 0) is 6.18 Å². The second kappa shape index (κ2) is 8.25. The van der Waals surface area contributed by atoms with Gasteiger partial charge in [0.2, 0.25) is 0 Å². The summed E-state index contributed by atoms with van der Waals surface area (Å²) in [5.41, 5.74) is -0.249. The Balaban J connectivity index is 1.36. The molecule has 1 N–H and O–H groups in total. The summed E-state index contributed by atoms with van der Waals surface area (Å²) >= 11 is 0. The molecule has 1 saturated heterocycles. The van der Waals surface area contributed by atoms with Gasteiger partial charge in [-0.2, -0.15) is 18.3 Å². The maximum Gasteiger partial charge on any atom is 0.418 e. The number of carbonyl (C=O) groups excluding carboxylic acids is 1. The molecule has 0 aliphatic carbocycles. The minimum Gasteiger partial charge on any atom is -0.352 e. The molecule has 0 radical (unpaired) electrons. The average molecular weight is 431 g/mol. The Hall–Kier alpha value is -3.63. The number of anilines is 2. The van der Waals surface area contributed by atoms with Crippen molar-refractivity contribution in [1.29, 1.82) is 0 Å². The Labute approximate surface area is 176 Å². The molecule has 0 unspecified atom stereocenters. The van der Waals surface area contributed by atoms with Crippen LogP contribution in [0.15, 0.2) is 48.7 Å². The highest BCUT2D eigenvalue weighted by molar-refractivity contribution is 5.90. The van der Waals surface area contributed by atoms with Crippen LogP contribution >= 0.6 is 0 Å². The first kappa shape index (κ1) is 20.6. The quantitative estimate of drug-likeness (QED) is 0.688. The van der Waals surface area contributed by atoms with Gasteiger partial charge in [-0.3, -0.25) is 0 Å². The van der Waals surface area contributed by atoms with Crippen LogP contribution in [0.1, 0.15) is 11.3 Å². The Morgan fingerprint density at radius 2 is 1.65 bits per heavy atom. The number of piperazine rings is 1. The number of alkyl halides is 3. The third kappa shape index (κ3) is 4.60. The Morgan fingerprint density at radius 3 is 2.26 bits per heavy atom. The highest BCUT2D eigenvalue weighted by Crippen LogP contribution is 2.34. The van der Waals surface area contributed by atoms with Crippen LogP contribution in [0.4, 0.5) is 29.5 Å². The molecule has 0 atom stereocenters. The summed E-state index contributed by atoms with van der Waals surface area (Å²) in [6.07, 6.45) is -2.74. The number of benzene rings is 1. The average Bonchev–Trinajstić information content (AvgIpc) is 3.20. The highest BCUT2D eigenvalue weighted by Gasteiger charge is 2.34. The summed E-state index contributed by atoms with van der Waals surface area (Å²) in [6, 6.07) is 9.87. The second-order valence-corrected chi connectivity index (χ2v) is 7.10. The lowest BCUT2D eigenvalue weighted by Crippen LogP contribution is -2.50. The molecule has 31 heavy (non-hydrogen) atoms. The topological polar surface area (TPSA) is 79.2 Å². The first-order valence-electron chi connectivity index (χ1n) is 9.65. The van der Waals surface area contributed by atoms with Crippen LogP contribution in [0.2, 0.25) is 0 Å². The molecule has 2 amide bonds. The van der Waals surface area contributed by atoms with E-state index in [1.165, 1.54) is 23.1 Å². The number of aromatic nitrogens is 4. The molecule has 4 rings (SSSR count). The molecule has 11 heteroatoms. The van der Waals surface area contributed by atoms with E-state index >= 15 is 0 Å². The first-order chi connectivity index (χ1) is 14.8. The molecule has 1 fully saturated rings. The maximum atomic E-state index is 13.1. The standard InChI is InChI=1S/C20H20F3N7O/c1-14-8-9-30(27-14)18-7-6-17(25-26-18)28-10-12-29(13-11-28)19(31)24-16-5-3-2-4-15(16)20(21,22)23/h2-9H,10-13H2,1H3,(H,24,31). The summed E-state index contributed by atoms with van der Waals surface area (Å²) in [5.74, 6) is 1.26. The van der Waals surface area contributed by atoms with E-state index in [1.807, 2.05) is 30.0 Å². The van der Waals surface area contributed by atoms with Crippen molar-refractivity contribution < 1.29 is 18.0 Å².